The Labute approximate surface area is 151 Å². The van der Waals surface area contributed by atoms with Gasteiger partial charge in [-0.15, -0.1) is 0 Å². The number of carbonyl (C=O) groups excluding carboxylic acids is 1. The van der Waals surface area contributed by atoms with Gasteiger partial charge in [-0.3, -0.25) is 4.79 Å². The molecule has 24 heavy (non-hydrogen) atoms. The molecule has 0 atom stereocenters. The van der Waals surface area contributed by atoms with Crippen LogP contribution in [0.5, 0.6) is 11.5 Å². The standard InChI is InChI=1S/C19H18Cl2O3/c1-14(22)13-24-18-8-4-16(5-9-18)12-15-2-6-17(7-3-15)23-11-10-19(20)21/h2-10H,11-13H2,1H3. The third-order valence-corrected chi connectivity index (χ3v) is 3.49. The maximum atomic E-state index is 10.9. The summed E-state index contributed by atoms with van der Waals surface area (Å²) >= 11 is 11.1. The second-order valence-corrected chi connectivity index (χ2v) is 6.27. The lowest BCUT2D eigenvalue weighted by atomic mass is 10.0. The summed E-state index contributed by atoms with van der Waals surface area (Å²) < 4.78 is 11.0. The molecule has 0 aliphatic rings. The Bertz CT molecular complexity index is 688. The van der Waals surface area contributed by atoms with Gasteiger partial charge in [0.05, 0.1) is 0 Å². The zero-order chi connectivity index (χ0) is 17.4. The minimum Gasteiger partial charge on any atom is -0.489 e. The van der Waals surface area contributed by atoms with Crippen LogP contribution in [0.4, 0.5) is 0 Å². The third-order valence-electron chi connectivity index (χ3n) is 3.18. The van der Waals surface area contributed by atoms with Gasteiger partial charge in [-0.2, -0.15) is 0 Å². The maximum absolute atomic E-state index is 10.9. The van der Waals surface area contributed by atoms with Gasteiger partial charge in [0.2, 0.25) is 0 Å². The first-order valence-electron chi connectivity index (χ1n) is 7.47. The Kier molecular flexibility index (Phi) is 7.16. The first kappa shape index (κ1) is 18.4. The summed E-state index contributed by atoms with van der Waals surface area (Å²) in [6.45, 7) is 1.94. The van der Waals surface area contributed by atoms with Gasteiger partial charge < -0.3 is 9.47 Å². The third kappa shape index (κ3) is 6.65. The molecule has 0 heterocycles. The van der Waals surface area contributed by atoms with Crippen molar-refractivity contribution in [1.29, 1.82) is 0 Å². The first-order valence-corrected chi connectivity index (χ1v) is 8.22. The Morgan fingerprint density at radius 3 is 1.88 bits per heavy atom. The van der Waals surface area contributed by atoms with Gasteiger partial charge in [0, 0.05) is 0 Å². The molecule has 0 spiro atoms. The average Bonchev–Trinajstić information content (AvgIpc) is 2.55. The van der Waals surface area contributed by atoms with Crippen LogP contribution in [0.3, 0.4) is 0 Å². The van der Waals surface area contributed by atoms with E-state index in [0.29, 0.717) is 12.4 Å². The fourth-order valence-electron chi connectivity index (χ4n) is 2.03. The lowest BCUT2D eigenvalue weighted by Crippen LogP contribution is -2.06. The quantitative estimate of drug-likeness (QED) is 0.665. The van der Waals surface area contributed by atoms with Crippen LogP contribution in [0, 0.1) is 0 Å². The highest BCUT2D eigenvalue weighted by Gasteiger charge is 2.00. The molecule has 0 aliphatic carbocycles. The van der Waals surface area contributed by atoms with E-state index in [1.165, 1.54) is 12.5 Å². The van der Waals surface area contributed by atoms with Crippen LogP contribution in [0.15, 0.2) is 59.1 Å². The summed E-state index contributed by atoms with van der Waals surface area (Å²) in [6, 6.07) is 15.6. The van der Waals surface area contributed by atoms with Gasteiger partial charge >= 0.3 is 0 Å². The topological polar surface area (TPSA) is 35.5 Å². The molecule has 3 nitrogen and oxygen atoms in total. The van der Waals surface area contributed by atoms with Crippen LogP contribution < -0.4 is 9.47 Å². The summed E-state index contributed by atoms with van der Waals surface area (Å²) in [5, 5.41) is 0. The molecule has 0 saturated heterocycles. The van der Waals surface area contributed by atoms with E-state index in [4.69, 9.17) is 32.7 Å². The van der Waals surface area contributed by atoms with E-state index in [2.05, 4.69) is 0 Å². The summed E-state index contributed by atoms with van der Waals surface area (Å²) in [5.74, 6) is 1.46. The molecule has 0 bridgehead atoms. The van der Waals surface area contributed by atoms with Crippen LogP contribution in [0.2, 0.25) is 0 Å². The van der Waals surface area contributed by atoms with E-state index in [9.17, 15) is 4.79 Å². The van der Waals surface area contributed by atoms with Crippen molar-refractivity contribution in [2.75, 3.05) is 13.2 Å². The van der Waals surface area contributed by atoms with Crippen molar-refractivity contribution in [3.8, 4) is 11.5 Å². The SMILES string of the molecule is CC(=O)COc1ccc(Cc2ccc(OCC=C(Cl)Cl)cc2)cc1. The molecular formula is C19H18Cl2O3. The summed E-state index contributed by atoms with van der Waals surface area (Å²) in [5.41, 5.74) is 2.33. The van der Waals surface area contributed by atoms with Gasteiger partial charge in [0.25, 0.3) is 0 Å². The highest BCUT2D eigenvalue weighted by molar-refractivity contribution is 6.55. The maximum Gasteiger partial charge on any atom is 0.167 e. The largest absolute Gasteiger partial charge is 0.489 e. The Morgan fingerprint density at radius 2 is 1.42 bits per heavy atom. The molecule has 5 heteroatoms. The second-order valence-electron chi connectivity index (χ2n) is 5.26. The number of ether oxygens (including phenoxy) is 2. The summed E-state index contributed by atoms with van der Waals surface area (Å²) in [7, 11) is 0. The molecule has 0 saturated carbocycles. The van der Waals surface area contributed by atoms with Gasteiger partial charge in [0.1, 0.15) is 29.2 Å². The lowest BCUT2D eigenvalue weighted by molar-refractivity contribution is -0.118. The summed E-state index contributed by atoms with van der Waals surface area (Å²) in [6.07, 6.45) is 2.40. The van der Waals surface area contributed by atoms with Gasteiger partial charge in [0.15, 0.2) is 5.78 Å². The minimum atomic E-state index is 0.00481. The Balaban J connectivity index is 1.89. The molecule has 0 aliphatic heterocycles. The van der Waals surface area contributed by atoms with E-state index >= 15 is 0 Å². The monoisotopic (exact) mass is 364 g/mol. The van der Waals surface area contributed by atoms with Crippen molar-refractivity contribution >= 4 is 29.0 Å². The Morgan fingerprint density at radius 1 is 0.917 bits per heavy atom. The fraction of sp³-hybridized carbons (Fsp3) is 0.211. The molecule has 0 N–H and O–H groups in total. The lowest BCUT2D eigenvalue weighted by Gasteiger charge is -2.07. The normalized spacial score (nSPS) is 10.1. The zero-order valence-electron chi connectivity index (χ0n) is 13.3. The van der Waals surface area contributed by atoms with Crippen molar-refractivity contribution < 1.29 is 14.3 Å². The fourth-order valence-corrected chi connectivity index (χ4v) is 2.15. The number of ketones is 1. The van der Waals surface area contributed by atoms with E-state index in [1.54, 1.807) is 6.08 Å². The Hall–Kier alpha value is -1.97. The number of hydrogen-bond acceptors (Lipinski definition) is 3. The van der Waals surface area contributed by atoms with E-state index in [-0.39, 0.29) is 16.9 Å². The minimum absolute atomic E-state index is 0.00481. The first-order chi connectivity index (χ1) is 11.5. The molecule has 2 aromatic carbocycles. The molecule has 0 fully saturated rings. The van der Waals surface area contributed by atoms with Crippen molar-refractivity contribution in [2.45, 2.75) is 13.3 Å². The molecule has 0 aromatic heterocycles. The number of hydrogen-bond donors (Lipinski definition) is 0. The van der Waals surface area contributed by atoms with Gasteiger partial charge in [-0.1, -0.05) is 47.5 Å². The van der Waals surface area contributed by atoms with Crippen molar-refractivity contribution in [3.05, 3.63) is 70.2 Å². The molecule has 0 radical (unpaired) electrons. The molecule has 2 rings (SSSR count). The number of rotatable bonds is 8. The highest BCUT2D eigenvalue weighted by Crippen LogP contribution is 2.18. The summed E-state index contributed by atoms with van der Waals surface area (Å²) in [4.78, 5) is 10.9. The van der Waals surface area contributed by atoms with E-state index in [0.717, 1.165) is 17.7 Å². The number of benzene rings is 2. The van der Waals surface area contributed by atoms with Crippen LogP contribution in [0.25, 0.3) is 0 Å². The van der Waals surface area contributed by atoms with Crippen LogP contribution in [0.1, 0.15) is 18.1 Å². The van der Waals surface area contributed by atoms with Gasteiger partial charge in [-0.25, -0.2) is 0 Å². The van der Waals surface area contributed by atoms with E-state index in [1.807, 2.05) is 48.5 Å². The van der Waals surface area contributed by atoms with Gasteiger partial charge in [-0.05, 0) is 54.8 Å². The van der Waals surface area contributed by atoms with Crippen molar-refractivity contribution in [3.63, 3.8) is 0 Å². The average molecular weight is 365 g/mol. The molecule has 126 valence electrons. The molecular weight excluding hydrogens is 347 g/mol. The number of halogens is 2. The van der Waals surface area contributed by atoms with Crippen molar-refractivity contribution in [1.82, 2.24) is 0 Å². The number of Topliss-reactive ketones (excluding diaryl/α,β-unsaturated/α-hetero) is 1. The smallest absolute Gasteiger partial charge is 0.167 e. The van der Waals surface area contributed by atoms with Crippen LogP contribution in [-0.2, 0) is 11.2 Å². The molecule has 2 aromatic rings. The van der Waals surface area contributed by atoms with Crippen molar-refractivity contribution in [2.24, 2.45) is 0 Å². The predicted molar refractivity (Wildman–Crippen MR) is 97.2 cm³/mol. The molecule has 0 amide bonds. The predicted octanol–water partition coefficient (Wildman–Crippen LogP) is 4.94. The zero-order valence-corrected chi connectivity index (χ0v) is 14.8. The van der Waals surface area contributed by atoms with E-state index < -0.39 is 0 Å². The highest BCUT2D eigenvalue weighted by atomic mass is 35.5. The second kappa shape index (κ2) is 9.36. The van der Waals surface area contributed by atoms with Crippen LogP contribution >= 0.6 is 23.2 Å². The van der Waals surface area contributed by atoms with Crippen LogP contribution in [-0.4, -0.2) is 19.0 Å². The molecule has 0 unspecified atom stereocenters. The number of carbonyl (C=O) groups is 1.